The average molecular weight is 342 g/mol. The van der Waals surface area contributed by atoms with E-state index >= 15 is 0 Å². The molecule has 2 rings (SSSR count). The van der Waals surface area contributed by atoms with Crippen molar-refractivity contribution >= 4 is 18.1 Å². The van der Waals surface area contributed by atoms with Crippen LogP contribution in [-0.4, -0.2) is 25.3 Å². The van der Waals surface area contributed by atoms with Crippen molar-refractivity contribution in [2.75, 3.05) is 14.2 Å². The van der Waals surface area contributed by atoms with Gasteiger partial charge in [-0.3, -0.25) is 0 Å². The summed E-state index contributed by atoms with van der Waals surface area (Å²) in [5, 5.41) is 10.7. The van der Waals surface area contributed by atoms with E-state index in [1.165, 1.54) is 14.2 Å². The largest absolute Gasteiger partial charge is 0.507 e. The summed E-state index contributed by atoms with van der Waals surface area (Å²) in [6, 6.07) is 5.26. The number of rotatable bonds is 6. The van der Waals surface area contributed by atoms with Crippen molar-refractivity contribution in [3.8, 4) is 11.5 Å². The van der Waals surface area contributed by atoms with Gasteiger partial charge in [-0.05, 0) is 50.1 Å². The number of methoxy groups -OCH3 is 2. The number of phenols is 1. The first-order chi connectivity index (χ1) is 12.0. The van der Waals surface area contributed by atoms with Gasteiger partial charge in [0.15, 0.2) is 0 Å². The van der Waals surface area contributed by atoms with Crippen molar-refractivity contribution in [2.45, 2.75) is 20.3 Å². The van der Waals surface area contributed by atoms with Gasteiger partial charge in [-0.25, -0.2) is 4.79 Å². The van der Waals surface area contributed by atoms with Gasteiger partial charge in [-0.1, -0.05) is 17.7 Å². The molecule has 0 amide bonds. The molecule has 0 aliphatic heterocycles. The maximum atomic E-state index is 12.2. The van der Waals surface area contributed by atoms with Crippen LogP contribution in [0.4, 0.5) is 0 Å². The smallest absolute Gasteiger partial charge is 0.342 e. The Morgan fingerprint density at radius 3 is 2.60 bits per heavy atom. The third-order valence-corrected chi connectivity index (χ3v) is 3.69. The van der Waals surface area contributed by atoms with Crippen LogP contribution >= 0.6 is 0 Å². The monoisotopic (exact) mass is 342 g/mol. The molecule has 5 nitrogen and oxygen atoms in total. The van der Waals surface area contributed by atoms with E-state index in [0.717, 1.165) is 5.57 Å². The second-order valence-electron chi connectivity index (χ2n) is 5.70. The first-order valence-electron chi connectivity index (χ1n) is 7.84. The van der Waals surface area contributed by atoms with Gasteiger partial charge in [-0.15, -0.1) is 0 Å². The SMILES string of the molecule is COC(=O)c1c(/C=C\c2ccco2)cc(OC)c(CC=C(C)C)c1O. The van der Waals surface area contributed by atoms with Crippen LogP contribution in [0.15, 0.2) is 40.5 Å². The Labute approximate surface area is 147 Å². The molecule has 5 heteroatoms. The first kappa shape index (κ1) is 18.4. The van der Waals surface area contributed by atoms with E-state index in [2.05, 4.69) is 0 Å². The quantitative estimate of drug-likeness (QED) is 0.620. The summed E-state index contributed by atoms with van der Waals surface area (Å²) < 4.78 is 15.5. The molecule has 0 saturated carbocycles. The van der Waals surface area contributed by atoms with Crippen LogP contribution in [0.2, 0.25) is 0 Å². The molecule has 0 bridgehead atoms. The van der Waals surface area contributed by atoms with E-state index in [9.17, 15) is 9.90 Å². The number of allylic oxidation sites excluding steroid dienone is 2. The fourth-order valence-electron chi connectivity index (χ4n) is 2.40. The number of carbonyl (C=O) groups is 1. The number of carbonyl (C=O) groups excluding carboxylic acids is 1. The van der Waals surface area contributed by atoms with Crippen LogP contribution in [0.25, 0.3) is 12.2 Å². The minimum atomic E-state index is -0.613. The molecule has 0 spiro atoms. The molecule has 0 radical (unpaired) electrons. The highest BCUT2D eigenvalue weighted by Crippen LogP contribution is 2.36. The topological polar surface area (TPSA) is 68.9 Å². The minimum Gasteiger partial charge on any atom is -0.507 e. The number of esters is 1. The van der Waals surface area contributed by atoms with E-state index in [1.54, 1.807) is 36.6 Å². The Kier molecular flexibility index (Phi) is 6.06. The Hall–Kier alpha value is -2.95. The van der Waals surface area contributed by atoms with Crippen LogP contribution in [0.3, 0.4) is 0 Å². The van der Waals surface area contributed by atoms with E-state index in [4.69, 9.17) is 13.9 Å². The molecular weight excluding hydrogens is 320 g/mol. The number of aromatic hydroxyl groups is 1. The molecule has 0 aliphatic carbocycles. The molecular formula is C20H22O5. The lowest BCUT2D eigenvalue weighted by molar-refractivity contribution is 0.0597. The molecule has 1 heterocycles. The summed E-state index contributed by atoms with van der Waals surface area (Å²) in [6.07, 6.45) is 7.34. The lowest BCUT2D eigenvalue weighted by Gasteiger charge is -2.15. The minimum absolute atomic E-state index is 0.100. The molecule has 0 aliphatic rings. The van der Waals surface area contributed by atoms with E-state index in [0.29, 0.717) is 29.1 Å². The zero-order chi connectivity index (χ0) is 18.4. The van der Waals surface area contributed by atoms with Gasteiger partial charge in [-0.2, -0.15) is 0 Å². The van der Waals surface area contributed by atoms with E-state index in [-0.39, 0.29) is 11.3 Å². The third-order valence-electron chi connectivity index (χ3n) is 3.69. The van der Waals surface area contributed by atoms with Gasteiger partial charge in [0.05, 0.1) is 20.5 Å². The second kappa shape index (κ2) is 8.24. The Morgan fingerprint density at radius 2 is 2.04 bits per heavy atom. The zero-order valence-corrected chi connectivity index (χ0v) is 14.8. The number of ether oxygens (including phenoxy) is 2. The Balaban J connectivity index is 2.59. The maximum Gasteiger partial charge on any atom is 0.342 e. The summed E-state index contributed by atoms with van der Waals surface area (Å²) >= 11 is 0. The first-order valence-corrected chi connectivity index (χ1v) is 7.84. The van der Waals surface area contributed by atoms with Crippen molar-refractivity contribution < 1.29 is 23.8 Å². The van der Waals surface area contributed by atoms with E-state index in [1.807, 2.05) is 19.9 Å². The normalized spacial score (nSPS) is 10.7. The van der Waals surface area contributed by atoms with Crippen molar-refractivity contribution in [2.24, 2.45) is 0 Å². The molecule has 1 aromatic heterocycles. The molecule has 0 saturated heterocycles. The van der Waals surface area contributed by atoms with Crippen molar-refractivity contribution in [3.05, 3.63) is 58.6 Å². The summed E-state index contributed by atoms with van der Waals surface area (Å²) in [7, 11) is 2.81. The number of hydrogen-bond donors (Lipinski definition) is 1. The fourth-order valence-corrected chi connectivity index (χ4v) is 2.40. The van der Waals surface area contributed by atoms with Gasteiger partial charge in [0.1, 0.15) is 22.8 Å². The molecule has 0 atom stereocenters. The molecule has 1 N–H and O–H groups in total. The molecule has 0 fully saturated rings. The number of hydrogen-bond acceptors (Lipinski definition) is 5. The van der Waals surface area contributed by atoms with Crippen LogP contribution < -0.4 is 4.74 Å². The van der Waals surface area contributed by atoms with Crippen LogP contribution in [0.1, 0.15) is 41.1 Å². The zero-order valence-electron chi connectivity index (χ0n) is 14.8. The number of benzene rings is 1. The summed E-state index contributed by atoms with van der Waals surface area (Å²) in [5.41, 5.74) is 2.23. The summed E-state index contributed by atoms with van der Waals surface area (Å²) in [6.45, 7) is 3.93. The van der Waals surface area contributed by atoms with Crippen LogP contribution in [-0.2, 0) is 11.2 Å². The predicted octanol–water partition coefficient (Wildman–Crippen LogP) is 4.46. The van der Waals surface area contributed by atoms with Crippen molar-refractivity contribution in [3.63, 3.8) is 0 Å². The van der Waals surface area contributed by atoms with Crippen molar-refractivity contribution in [1.29, 1.82) is 0 Å². The van der Waals surface area contributed by atoms with Gasteiger partial charge in [0, 0.05) is 5.56 Å². The summed E-state index contributed by atoms with van der Waals surface area (Å²) in [4.78, 5) is 12.2. The van der Waals surface area contributed by atoms with Gasteiger partial charge >= 0.3 is 5.97 Å². The maximum absolute atomic E-state index is 12.2. The Morgan fingerprint density at radius 1 is 1.28 bits per heavy atom. The lowest BCUT2D eigenvalue weighted by Crippen LogP contribution is -2.07. The molecule has 1 aromatic carbocycles. The highest BCUT2D eigenvalue weighted by Gasteiger charge is 2.22. The third kappa shape index (κ3) is 4.32. The molecule has 0 unspecified atom stereocenters. The molecule has 2 aromatic rings. The second-order valence-corrected chi connectivity index (χ2v) is 5.70. The van der Waals surface area contributed by atoms with Crippen LogP contribution in [0.5, 0.6) is 11.5 Å². The van der Waals surface area contributed by atoms with Gasteiger partial charge < -0.3 is 19.0 Å². The Bertz CT molecular complexity index is 794. The lowest BCUT2D eigenvalue weighted by atomic mass is 9.97. The fraction of sp³-hybridized carbons (Fsp3) is 0.250. The number of phenolic OH excluding ortho intramolecular Hbond substituents is 1. The highest BCUT2D eigenvalue weighted by molar-refractivity contribution is 5.98. The van der Waals surface area contributed by atoms with E-state index < -0.39 is 5.97 Å². The predicted molar refractivity (Wildman–Crippen MR) is 96.8 cm³/mol. The average Bonchev–Trinajstić information content (AvgIpc) is 3.11. The highest BCUT2D eigenvalue weighted by atomic mass is 16.5. The molecule has 132 valence electrons. The van der Waals surface area contributed by atoms with Gasteiger partial charge in [0.25, 0.3) is 0 Å². The standard InChI is InChI=1S/C20H22O5/c1-13(2)7-10-16-17(23-3)12-14(8-9-15-6-5-11-25-15)18(19(16)21)20(22)24-4/h5-9,11-12,21H,10H2,1-4H3/b9-8-. The molecule has 25 heavy (non-hydrogen) atoms. The number of furan rings is 1. The summed E-state index contributed by atoms with van der Waals surface area (Å²) in [5.74, 6) is 0.380. The van der Waals surface area contributed by atoms with Gasteiger partial charge in [0.2, 0.25) is 0 Å². The van der Waals surface area contributed by atoms with Crippen LogP contribution in [0, 0.1) is 0 Å². The van der Waals surface area contributed by atoms with Crippen molar-refractivity contribution in [1.82, 2.24) is 0 Å².